The molecule has 0 radical (unpaired) electrons. The van der Waals surface area contributed by atoms with Crippen LogP contribution < -0.4 is 9.21 Å². The Morgan fingerprint density at radius 3 is 2.42 bits per heavy atom. The molecule has 1 unspecified atom stereocenters. The maximum Gasteiger partial charge on any atom is 0.264 e. The van der Waals surface area contributed by atoms with Gasteiger partial charge in [-0.15, -0.1) is 0 Å². The quantitative estimate of drug-likeness (QED) is 0.427. The van der Waals surface area contributed by atoms with E-state index in [1.165, 1.54) is 11.1 Å². The molecule has 0 amide bonds. The van der Waals surface area contributed by atoms with Crippen LogP contribution in [0.3, 0.4) is 0 Å². The van der Waals surface area contributed by atoms with Crippen molar-refractivity contribution in [3.05, 3.63) is 90.1 Å². The van der Waals surface area contributed by atoms with Crippen molar-refractivity contribution in [3.63, 3.8) is 0 Å². The number of aromatic nitrogens is 1. The summed E-state index contributed by atoms with van der Waals surface area (Å²) < 4.78 is 29.6. The number of benzene rings is 3. The van der Waals surface area contributed by atoms with Crippen molar-refractivity contribution in [2.75, 3.05) is 41.9 Å². The fraction of sp³-hybridized carbons (Fsp3) is 0.310. The number of anilines is 2. The van der Waals surface area contributed by atoms with Crippen LogP contribution in [0.1, 0.15) is 17.5 Å². The minimum atomic E-state index is -3.67. The second-order valence-electron chi connectivity index (χ2n) is 9.94. The lowest BCUT2D eigenvalue weighted by Crippen LogP contribution is -2.54. The number of hydrogen-bond donors (Lipinski definition) is 1. The molecule has 0 bridgehead atoms. The standard InChI is InChI=1S/C29H32N4O2S/c1-22-9-13-25(14-10-22)36(34,35)33-24(12-11-23-5-2-3-7-28(23)33)21-31-17-19-32(20-18-31)29-8-4-6-27-26(29)15-16-30-27/h2-10,13-16,24,30H,11-12,17-21H2,1H3. The van der Waals surface area contributed by atoms with E-state index >= 15 is 0 Å². The normalized spacial score (nSPS) is 19.0. The molecule has 3 heterocycles. The van der Waals surface area contributed by atoms with Gasteiger partial charge in [0.15, 0.2) is 0 Å². The number of aromatic amines is 1. The highest BCUT2D eigenvalue weighted by Gasteiger charge is 2.37. The molecule has 1 fully saturated rings. The Kier molecular flexibility index (Phi) is 5.97. The van der Waals surface area contributed by atoms with Crippen molar-refractivity contribution in [3.8, 4) is 0 Å². The predicted octanol–water partition coefficient (Wildman–Crippen LogP) is 4.81. The van der Waals surface area contributed by atoms with Gasteiger partial charge in [-0.1, -0.05) is 42.0 Å². The molecule has 7 heteroatoms. The summed E-state index contributed by atoms with van der Waals surface area (Å²) >= 11 is 0. The van der Waals surface area contributed by atoms with E-state index in [9.17, 15) is 8.42 Å². The first kappa shape index (κ1) is 23.1. The molecule has 0 saturated carbocycles. The van der Waals surface area contributed by atoms with Crippen LogP contribution in [0.4, 0.5) is 11.4 Å². The van der Waals surface area contributed by atoms with Crippen LogP contribution >= 0.6 is 0 Å². The number of aryl methyl sites for hydroxylation is 2. The fourth-order valence-corrected chi connectivity index (χ4v) is 7.41. The molecule has 6 rings (SSSR count). The van der Waals surface area contributed by atoms with Gasteiger partial charge in [0.05, 0.1) is 16.6 Å². The monoisotopic (exact) mass is 500 g/mol. The van der Waals surface area contributed by atoms with Crippen molar-refractivity contribution in [1.82, 2.24) is 9.88 Å². The highest BCUT2D eigenvalue weighted by atomic mass is 32.2. The van der Waals surface area contributed by atoms with Gasteiger partial charge < -0.3 is 9.88 Å². The van der Waals surface area contributed by atoms with Crippen molar-refractivity contribution >= 4 is 32.3 Å². The van der Waals surface area contributed by atoms with Gasteiger partial charge >= 0.3 is 0 Å². The lowest BCUT2D eigenvalue weighted by atomic mass is 9.97. The van der Waals surface area contributed by atoms with Gasteiger partial charge in [0.1, 0.15) is 0 Å². The van der Waals surface area contributed by atoms with E-state index in [0.29, 0.717) is 4.90 Å². The average Bonchev–Trinajstić information content (AvgIpc) is 3.38. The lowest BCUT2D eigenvalue weighted by molar-refractivity contribution is 0.238. The molecule has 0 spiro atoms. The molecular weight excluding hydrogens is 468 g/mol. The summed E-state index contributed by atoms with van der Waals surface area (Å²) in [7, 11) is -3.67. The van der Waals surface area contributed by atoms with Crippen LogP contribution in [0.5, 0.6) is 0 Å². The average molecular weight is 501 g/mol. The summed E-state index contributed by atoms with van der Waals surface area (Å²) in [5.41, 5.74) is 5.41. The van der Waals surface area contributed by atoms with Gasteiger partial charge in [-0.05, 0) is 61.7 Å². The molecule has 186 valence electrons. The SMILES string of the molecule is Cc1ccc(S(=O)(=O)N2c3ccccc3CCC2CN2CCN(c3cccc4[nH]ccc34)CC2)cc1. The van der Waals surface area contributed by atoms with E-state index in [0.717, 1.165) is 67.9 Å². The first-order chi connectivity index (χ1) is 17.5. The summed E-state index contributed by atoms with van der Waals surface area (Å²) in [6, 6.07) is 23.6. The number of sulfonamides is 1. The number of hydrogen-bond acceptors (Lipinski definition) is 4. The maximum atomic E-state index is 13.9. The third-order valence-corrected chi connectivity index (χ3v) is 9.52. The van der Waals surface area contributed by atoms with Crippen molar-refractivity contribution in [1.29, 1.82) is 0 Å². The van der Waals surface area contributed by atoms with Gasteiger partial charge in [-0.3, -0.25) is 9.21 Å². The Morgan fingerprint density at radius 1 is 0.861 bits per heavy atom. The highest BCUT2D eigenvalue weighted by Crippen LogP contribution is 2.36. The predicted molar refractivity (Wildman–Crippen MR) is 146 cm³/mol. The van der Waals surface area contributed by atoms with Crippen LogP contribution in [-0.4, -0.2) is 57.1 Å². The minimum absolute atomic E-state index is 0.0918. The highest BCUT2D eigenvalue weighted by molar-refractivity contribution is 7.92. The molecule has 4 aromatic rings. The zero-order chi connectivity index (χ0) is 24.7. The van der Waals surface area contributed by atoms with E-state index < -0.39 is 10.0 Å². The van der Waals surface area contributed by atoms with Crippen LogP contribution in [0.15, 0.2) is 83.9 Å². The number of nitrogens with zero attached hydrogens (tertiary/aromatic N) is 3. The zero-order valence-electron chi connectivity index (χ0n) is 20.6. The van der Waals surface area contributed by atoms with E-state index in [1.54, 1.807) is 16.4 Å². The van der Waals surface area contributed by atoms with E-state index in [-0.39, 0.29) is 6.04 Å². The van der Waals surface area contributed by atoms with Crippen LogP contribution in [-0.2, 0) is 16.4 Å². The molecule has 1 saturated heterocycles. The molecule has 1 N–H and O–H groups in total. The van der Waals surface area contributed by atoms with Gasteiger partial charge in [-0.2, -0.15) is 0 Å². The molecular formula is C29H32N4O2S. The lowest BCUT2D eigenvalue weighted by Gasteiger charge is -2.42. The number of piperazine rings is 1. The van der Waals surface area contributed by atoms with Crippen LogP contribution in [0.25, 0.3) is 10.9 Å². The third kappa shape index (κ3) is 4.16. The summed E-state index contributed by atoms with van der Waals surface area (Å²) in [5.74, 6) is 0. The largest absolute Gasteiger partial charge is 0.368 e. The Hall–Kier alpha value is -3.29. The Balaban J connectivity index is 1.23. The molecule has 36 heavy (non-hydrogen) atoms. The van der Waals surface area contributed by atoms with E-state index in [2.05, 4.69) is 45.1 Å². The number of para-hydroxylation sites is 1. The second kappa shape index (κ2) is 9.30. The summed E-state index contributed by atoms with van der Waals surface area (Å²) in [5, 5.41) is 1.25. The van der Waals surface area contributed by atoms with Gasteiger partial charge in [-0.25, -0.2) is 8.42 Å². The minimum Gasteiger partial charge on any atom is -0.368 e. The van der Waals surface area contributed by atoms with Crippen molar-refractivity contribution in [2.45, 2.75) is 30.7 Å². The zero-order valence-corrected chi connectivity index (χ0v) is 21.4. The van der Waals surface area contributed by atoms with E-state index in [4.69, 9.17) is 0 Å². The molecule has 0 aliphatic carbocycles. The molecule has 6 nitrogen and oxygen atoms in total. The summed E-state index contributed by atoms with van der Waals surface area (Å²) in [6.45, 7) is 6.40. The Bertz CT molecular complexity index is 1470. The van der Waals surface area contributed by atoms with Gasteiger partial charge in [0.2, 0.25) is 0 Å². The number of fused-ring (bicyclic) bond motifs is 2. The van der Waals surface area contributed by atoms with Crippen LogP contribution in [0, 0.1) is 6.92 Å². The Labute approximate surface area is 213 Å². The van der Waals surface area contributed by atoms with Gasteiger partial charge in [0.25, 0.3) is 10.0 Å². The first-order valence-electron chi connectivity index (χ1n) is 12.7. The van der Waals surface area contributed by atoms with Crippen molar-refractivity contribution < 1.29 is 8.42 Å². The maximum absolute atomic E-state index is 13.9. The van der Waals surface area contributed by atoms with Crippen LogP contribution in [0.2, 0.25) is 0 Å². The molecule has 2 aliphatic rings. The molecule has 2 aliphatic heterocycles. The number of nitrogens with one attached hydrogen (secondary N) is 1. The van der Waals surface area contributed by atoms with E-state index in [1.807, 2.05) is 43.5 Å². The second-order valence-corrected chi connectivity index (χ2v) is 11.8. The third-order valence-electron chi connectivity index (χ3n) is 7.64. The Morgan fingerprint density at radius 2 is 1.61 bits per heavy atom. The summed E-state index contributed by atoms with van der Waals surface area (Å²) in [4.78, 5) is 8.55. The molecule has 3 aromatic carbocycles. The van der Waals surface area contributed by atoms with Crippen molar-refractivity contribution in [2.24, 2.45) is 0 Å². The smallest absolute Gasteiger partial charge is 0.264 e. The topological polar surface area (TPSA) is 59.7 Å². The number of H-pyrrole nitrogens is 1. The number of rotatable bonds is 5. The summed E-state index contributed by atoms with van der Waals surface area (Å²) in [6.07, 6.45) is 3.72. The molecule has 1 atom stereocenters. The fourth-order valence-electron chi connectivity index (χ4n) is 5.70. The van der Waals surface area contributed by atoms with Gasteiger partial charge in [0, 0.05) is 55.5 Å². The molecule has 1 aromatic heterocycles. The first-order valence-corrected chi connectivity index (χ1v) is 14.2.